The first-order chi connectivity index (χ1) is 11.7. The Hall–Kier alpha value is -2.35. The summed E-state index contributed by atoms with van der Waals surface area (Å²) in [6.07, 6.45) is -4.63. The third kappa shape index (κ3) is 4.82. The molecule has 0 heterocycles. The number of benzene rings is 2. The Balaban J connectivity index is 2.25. The maximum absolute atomic E-state index is 13.0. The number of carbonyl (C=O) groups is 2. The zero-order valence-electron chi connectivity index (χ0n) is 12.8. The third-order valence-electron chi connectivity index (χ3n) is 3.51. The van der Waals surface area contributed by atoms with Crippen molar-refractivity contribution >= 4 is 27.7 Å². The minimum atomic E-state index is -4.68. The van der Waals surface area contributed by atoms with E-state index in [0.29, 0.717) is 10.0 Å². The van der Waals surface area contributed by atoms with Gasteiger partial charge in [0, 0.05) is 10.9 Å². The molecule has 2 aromatic carbocycles. The van der Waals surface area contributed by atoms with Crippen LogP contribution in [0, 0.1) is 0 Å². The van der Waals surface area contributed by atoms with Crippen LogP contribution in [0.1, 0.15) is 21.5 Å². The van der Waals surface area contributed by atoms with Crippen LogP contribution < -0.4 is 11.1 Å². The second-order valence-corrected chi connectivity index (χ2v) is 6.12. The van der Waals surface area contributed by atoms with Gasteiger partial charge in [-0.25, -0.2) is 0 Å². The van der Waals surface area contributed by atoms with Crippen molar-refractivity contribution in [2.24, 2.45) is 5.73 Å². The summed E-state index contributed by atoms with van der Waals surface area (Å²) >= 11 is 3.31. The Bertz CT molecular complexity index is 793. The summed E-state index contributed by atoms with van der Waals surface area (Å²) in [6, 6.07) is 10.2. The predicted molar refractivity (Wildman–Crippen MR) is 89.7 cm³/mol. The van der Waals surface area contributed by atoms with Crippen molar-refractivity contribution in [2.75, 3.05) is 0 Å². The molecule has 0 spiro atoms. The van der Waals surface area contributed by atoms with E-state index < -0.39 is 35.2 Å². The molecule has 0 aliphatic rings. The zero-order chi connectivity index (χ0) is 18.6. The number of nitrogens with two attached hydrogens (primary N) is 1. The van der Waals surface area contributed by atoms with Gasteiger partial charge >= 0.3 is 6.18 Å². The molecule has 0 fully saturated rings. The van der Waals surface area contributed by atoms with Crippen molar-refractivity contribution in [3.63, 3.8) is 0 Å². The highest BCUT2D eigenvalue weighted by Crippen LogP contribution is 2.31. The van der Waals surface area contributed by atoms with Gasteiger partial charge in [-0.15, -0.1) is 0 Å². The Labute approximate surface area is 150 Å². The lowest BCUT2D eigenvalue weighted by atomic mass is 10.0. The van der Waals surface area contributed by atoms with Crippen LogP contribution >= 0.6 is 15.9 Å². The van der Waals surface area contributed by atoms with Crippen LogP contribution in [0.15, 0.2) is 53.0 Å². The average molecular weight is 415 g/mol. The normalized spacial score (nSPS) is 12.5. The first-order valence-corrected chi connectivity index (χ1v) is 7.99. The minimum absolute atomic E-state index is 0.0523. The smallest absolute Gasteiger partial charge is 0.368 e. The lowest BCUT2D eigenvalue weighted by Crippen LogP contribution is -2.46. The molecule has 4 nitrogen and oxygen atoms in total. The van der Waals surface area contributed by atoms with Crippen LogP contribution in [0.3, 0.4) is 0 Å². The molecule has 8 heteroatoms. The average Bonchev–Trinajstić information content (AvgIpc) is 2.55. The zero-order valence-corrected chi connectivity index (χ0v) is 14.4. The summed E-state index contributed by atoms with van der Waals surface area (Å²) < 4.78 is 39.8. The number of rotatable bonds is 5. The van der Waals surface area contributed by atoms with Crippen molar-refractivity contribution in [3.8, 4) is 0 Å². The van der Waals surface area contributed by atoms with E-state index >= 15 is 0 Å². The number of nitrogens with one attached hydrogen (secondary N) is 1. The maximum Gasteiger partial charge on any atom is 0.417 e. The van der Waals surface area contributed by atoms with E-state index in [1.54, 1.807) is 24.3 Å². The monoisotopic (exact) mass is 414 g/mol. The van der Waals surface area contributed by atoms with Gasteiger partial charge in [-0.1, -0.05) is 46.3 Å². The van der Waals surface area contributed by atoms with Gasteiger partial charge in [-0.05, 0) is 23.8 Å². The highest BCUT2D eigenvalue weighted by Gasteiger charge is 2.35. The first-order valence-electron chi connectivity index (χ1n) is 7.20. The molecule has 0 aromatic heterocycles. The highest BCUT2D eigenvalue weighted by atomic mass is 79.9. The van der Waals surface area contributed by atoms with E-state index in [2.05, 4.69) is 21.2 Å². The van der Waals surface area contributed by atoms with E-state index in [4.69, 9.17) is 5.73 Å². The first kappa shape index (κ1) is 19.0. The number of hydrogen-bond acceptors (Lipinski definition) is 2. The van der Waals surface area contributed by atoms with Gasteiger partial charge in [0.1, 0.15) is 6.04 Å². The van der Waals surface area contributed by atoms with Crippen molar-refractivity contribution in [1.29, 1.82) is 0 Å². The van der Waals surface area contributed by atoms with E-state index in [-0.39, 0.29) is 6.42 Å². The van der Waals surface area contributed by atoms with Crippen LogP contribution in [-0.4, -0.2) is 17.9 Å². The molecule has 2 aromatic rings. The maximum atomic E-state index is 13.0. The topological polar surface area (TPSA) is 72.2 Å². The number of amides is 2. The minimum Gasteiger partial charge on any atom is -0.368 e. The summed E-state index contributed by atoms with van der Waals surface area (Å²) in [7, 11) is 0. The van der Waals surface area contributed by atoms with Crippen molar-refractivity contribution < 1.29 is 22.8 Å². The summed E-state index contributed by atoms with van der Waals surface area (Å²) in [5, 5.41) is 2.29. The summed E-state index contributed by atoms with van der Waals surface area (Å²) in [5.41, 5.74) is 4.35. The van der Waals surface area contributed by atoms with Gasteiger partial charge in [-0.2, -0.15) is 13.2 Å². The molecule has 2 amide bonds. The summed E-state index contributed by atoms with van der Waals surface area (Å²) in [4.78, 5) is 23.9. The number of hydrogen-bond donors (Lipinski definition) is 2. The standard InChI is InChI=1S/C17H14BrF3N2O2/c18-13-8-4-1-5-10(13)9-14(15(22)24)23-16(25)11-6-2-3-7-12(11)17(19,20)21/h1-8,14H,9H2,(H2,22,24)(H,23,25)/t14-/m1/s1. The molecule has 0 saturated carbocycles. The molecule has 0 saturated heterocycles. The Morgan fingerprint density at radius 2 is 1.68 bits per heavy atom. The molecular weight excluding hydrogens is 401 g/mol. The molecule has 3 N–H and O–H groups in total. The fourth-order valence-corrected chi connectivity index (χ4v) is 2.72. The Morgan fingerprint density at radius 3 is 2.28 bits per heavy atom. The van der Waals surface area contributed by atoms with Gasteiger partial charge in [0.15, 0.2) is 0 Å². The van der Waals surface area contributed by atoms with Crippen LogP contribution in [0.2, 0.25) is 0 Å². The van der Waals surface area contributed by atoms with Crippen LogP contribution in [0.25, 0.3) is 0 Å². The third-order valence-corrected chi connectivity index (χ3v) is 4.28. The lowest BCUT2D eigenvalue weighted by molar-refractivity contribution is -0.137. The van der Waals surface area contributed by atoms with Crippen LogP contribution in [0.4, 0.5) is 13.2 Å². The van der Waals surface area contributed by atoms with Crippen LogP contribution in [-0.2, 0) is 17.4 Å². The molecule has 132 valence electrons. The van der Waals surface area contributed by atoms with Gasteiger partial charge in [-0.3, -0.25) is 9.59 Å². The summed E-state index contributed by atoms with van der Waals surface area (Å²) in [6.45, 7) is 0. The molecule has 0 radical (unpaired) electrons. The predicted octanol–water partition coefficient (Wildman–Crippen LogP) is 3.29. The van der Waals surface area contributed by atoms with E-state index in [0.717, 1.165) is 12.1 Å². The van der Waals surface area contributed by atoms with Gasteiger partial charge in [0.2, 0.25) is 5.91 Å². The summed E-state index contributed by atoms with van der Waals surface area (Å²) in [5.74, 6) is -1.85. The fraction of sp³-hybridized carbons (Fsp3) is 0.176. The Morgan fingerprint density at radius 1 is 1.08 bits per heavy atom. The molecule has 0 aliphatic carbocycles. The molecule has 0 unspecified atom stereocenters. The number of alkyl halides is 3. The van der Waals surface area contributed by atoms with Gasteiger partial charge in [0.25, 0.3) is 5.91 Å². The molecule has 0 bridgehead atoms. The Kier molecular flexibility index (Phi) is 5.84. The highest BCUT2D eigenvalue weighted by molar-refractivity contribution is 9.10. The van der Waals surface area contributed by atoms with Crippen molar-refractivity contribution in [2.45, 2.75) is 18.6 Å². The van der Waals surface area contributed by atoms with Crippen molar-refractivity contribution in [1.82, 2.24) is 5.32 Å². The largest absolute Gasteiger partial charge is 0.417 e. The lowest BCUT2D eigenvalue weighted by Gasteiger charge is -2.18. The second kappa shape index (κ2) is 7.69. The molecular formula is C17H14BrF3N2O2. The molecule has 0 aliphatic heterocycles. The fourth-order valence-electron chi connectivity index (χ4n) is 2.27. The quantitative estimate of drug-likeness (QED) is 0.787. The van der Waals surface area contributed by atoms with Gasteiger partial charge in [0.05, 0.1) is 11.1 Å². The SMILES string of the molecule is NC(=O)[C@@H](Cc1ccccc1Br)NC(=O)c1ccccc1C(F)(F)F. The number of halogens is 4. The van der Waals surface area contributed by atoms with Crippen molar-refractivity contribution in [3.05, 3.63) is 69.7 Å². The molecule has 25 heavy (non-hydrogen) atoms. The second-order valence-electron chi connectivity index (χ2n) is 5.27. The van der Waals surface area contributed by atoms with E-state index in [1.807, 2.05) is 0 Å². The van der Waals surface area contributed by atoms with E-state index in [9.17, 15) is 22.8 Å². The van der Waals surface area contributed by atoms with Crippen LogP contribution in [0.5, 0.6) is 0 Å². The molecule has 2 rings (SSSR count). The van der Waals surface area contributed by atoms with E-state index in [1.165, 1.54) is 12.1 Å². The number of primary amides is 1. The number of carbonyl (C=O) groups excluding carboxylic acids is 2. The van der Waals surface area contributed by atoms with Gasteiger partial charge < -0.3 is 11.1 Å². The molecule has 1 atom stereocenters.